The topological polar surface area (TPSA) is 71.1 Å². The van der Waals surface area contributed by atoms with Crippen LogP contribution in [0.25, 0.3) is 0 Å². The van der Waals surface area contributed by atoms with Crippen molar-refractivity contribution in [3.63, 3.8) is 0 Å². The highest BCUT2D eigenvalue weighted by Crippen LogP contribution is 2.29. The second kappa shape index (κ2) is 9.31. The maximum atomic E-state index is 12.5. The summed E-state index contributed by atoms with van der Waals surface area (Å²) in [6.45, 7) is 3.07. The third-order valence-electron chi connectivity index (χ3n) is 5.35. The molecular formula is C22H27N3O2. The van der Waals surface area contributed by atoms with Crippen LogP contribution < -0.4 is 10.6 Å². The van der Waals surface area contributed by atoms with Gasteiger partial charge in [0.2, 0.25) is 11.8 Å². The second-order valence-electron chi connectivity index (χ2n) is 7.23. The Morgan fingerprint density at radius 1 is 0.889 bits per heavy atom. The molecule has 1 aromatic carbocycles. The molecule has 2 aromatic rings. The standard InChI is InChI=1S/C22H27N3O2/c1-16-6-2-3-7-19(16)14-24-21(26)17-9-11-18(12-10-17)22(27)25-15-20-8-4-5-13-23-20/h2-8,13,17-18H,9-12,14-15H2,1H3,(H,24,26)(H,25,27). The molecule has 5 nitrogen and oxygen atoms in total. The first-order valence-corrected chi connectivity index (χ1v) is 9.63. The fourth-order valence-electron chi connectivity index (χ4n) is 3.58. The molecule has 2 amide bonds. The SMILES string of the molecule is Cc1ccccc1CNC(=O)C1CCC(C(=O)NCc2ccccn2)CC1. The molecule has 0 radical (unpaired) electrons. The molecule has 2 N–H and O–H groups in total. The molecule has 1 aromatic heterocycles. The first kappa shape index (κ1) is 19.1. The van der Waals surface area contributed by atoms with E-state index < -0.39 is 0 Å². The number of hydrogen-bond donors (Lipinski definition) is 2. The van der Waals surface area contributed by atoms with Crippen LogP contribution in [-0.2, 0) is 22.7 Å². The summed E-state index contributed by atoms with van der Waals surface area (Å²) < 4.78 is 0. The van der Waals surface area contributed by atoms with Gasteiger partial charge in [-0.05, 0) is 55.9 Å². The number of aryl methyl sites for hydroxylation is 1. The van der Waals surface area contributed by atoms with Gasteiger partial charge in [-0.15, -0.1) is 0 Å². The van der Waals surface area contributed by atoms with Gasteiger partial charge in [0.1, 0.15) is 0 Å². The average molecular weight is 365 g/mol. The van der Waals surface area contributed by atoms with Gasteiger partial charge >= 0.3 is 0 Å². The number of hydrogen-bond acceptors (Lipinski definition) is 3. The molecule has 27 heavy (non-hydrogen) atoms. The number of benzene rings is 1. The van der Waals surface area contributed by atoms with E-state index in [1.807, 2.05) is 36.4 Å². The van der Waals surface area contributed by atoms with Crippen LogP contribution in [0.15, 0.2) is 48.7 Å². The summed E-state index contributed by atoms with van der Waals surface area (Å²) in [6, 6.07) is 13.8. The Hall–Kier alpha value is -2.69. The van der Waals surface area contributed by atoms with Crippen molar-refractivity contribution in [2.75, 3.05) is 0 Å². The van der Waals surface area contributed by atoms with Gasteiger partial charge in [0.25, 0.3) is 0 Å². The van der Waals surface area contributed by atoms with Gasteiger partial charge in [0.05, 0.1) is 12.2 Å². The normalized spacial score (nSPS) is 19.3. The van der Waals surface area contributed by atoms with Crippen molar-refractivity contribution in [1.29, 1.82) is 0 Å². The molecule has 3 rings (SSSR count). The molecule has 1 fully saturated rings. The summed E-state index contributed by atoms with van der Waals surface area (Å²) in [4.78, 5) is 29.0. The van der Waals surface area contributed by atoms with E-state index in [9.17, 15) is 9.59 Å². The summed E-state index contributed by atoms with van der Waals surface area (Å²) in [5.41, 5.74) is 3.19. The first-order chi connectivity index (χ1) is 13.1. The highest BCUT2D eigenvalue weighted by atomic mass is 16.2. The van der Waals surface area contributed by atoms with Crippen LogP contribution in [0, 0.1) is 18.8 Å². The smallest absolute Gasteiger partial charge is 0.223 e. The van der Waals surface area contributed by atoms with Crippen LogP contribution in [0.5, 0.6) is 0 Å². The highest BCUT2D eigenvalue weighted by molar-refractivity contribution is 5.81. The summed E-state index contributed by atoms with van der Waals surface area (Å²) in [7, 11) is 0. The highest BCUT2D eigenvalue weighted by Gasteiger charge is 2.29. The molecule has 0 saturated heterocycles. The first-order valence-electron chi connectivity index (χ1n) is 9.63. The zero-order chi connectivity index (χ0) is 19.1. The molecule has 0 spiro atoms. The monoisotopic (exact) mass is 365 g/mol. The van der Waals surface area contributed by atoms with Crippen molar-refractivity contribution < 1.29 is 9.59 Å². The second-order valence-corrected chi connectivity index (χ2v) is 7.23. The van der Waals surface area contributed by atoms with Crippen LogP contribution >= 0.6 is 0 Å². The van der Waals surface area contributed by atoms with Gasteiger partial charge in [-0.25, -0.2) is 0 Å². The Morgan fingerprint density at radius 2 is 1.48 bits per heavy atom. The van der Waals surface area contributed by atoms with E-state index in [4.69, 9.17) is 0 Å². The van der Waals surface area contributed by atoms with Crippen molar-refractivity contribution in [1.82, 2.24) is 15.6 Å². The van der Waals surface area contributed by atoms with E-state index in [0.717, 1.165) is 36.9 Å². The zero-order valence-corrected chi connectivity index (χ0v) is 15.8. The summed E-state index contributed by atoms with van der Waals surface area (Å²) in [5, 5.41) is 6.02. The number of pyridine rings is 1. The lowest BCUT2D eigenvalue weighted by atomic mass is 9.81. The van der Waals surface area contributed by atoms with Gasteiger partial charge in [0.15, 0.2) is 0 Å². The summed E-state index contributed by atoms with van der Waals surface area (Å²) in [6.07, 6.45) is 4.78. The molecule has 1 aliphatic carbocycles. The van der Waals surface area contributed by atoms with Crippen LogP contribution in [-0.4, -0.2) is 16.8 Å². The molecule has 0 atom stereocenters. The number of carbonyl (C=O) groups excluding carboxylic acids is 2. The molecule has 0 unspecified atom stereocenters. The predicted octanol–water partition coefficient (Wildman–Crippen LogP) is 3.13. The van der Waals surface area contributed by atoms with E-state index in [-0.39, 0.29) is 23.7 Å². The number of nitrogens with zero attached hydrogens (tertiary/aromatic N) is 1. The fraction of sp³-hybridized carbons (Fsp3) is 0.409. The minimum atomic E-state index is -0.00544. The van der Waals surface area contributed by atoms with Gasteiger partial charge in [0, 0.05) is 24.6 Å². The molecule has 1 heterocycles. The van der Waals surface area contributed by atoms with E-state index in [1.165, 1.54) is 5.56 Å². The number of amides is 2. The third-order valence-corrected chi connectivity index (χ3v) is 5.35. The molecule has 142 valence electrons. The lowest BCUT2D eigenvalue weighted by Crippen LogP contribution is -2.37. The Kier molecular flexibility index (Phi) is 6.58. The Labute approximate surface area is 160 Å². The maximum Gasteiger partial charge on any atom is 0.223 e. The Morgan fingerprint density at radius 3 is 2.07 bits per heavy atom. The van der Waals surface area contributed by atoms with Crippen molar-refractivity contribution in [2.24, 2.45) is 11.8 Å². The minimum Gasteiger partial charge on any atom is -0.352 e. The molecule has 1 aliphatic rings. The summed E-state index contributed by atoms with van der Waals surface area (Å²) in [5.74, 6) is 0.174. The number of rotatable bonds is 6. The lowest BCUT2D eigenvalue weighted by Gasteiger charge is -2.27. The zero-order valence-electron chi connectivity index (χ0n) is 15.8. The van der Waals surface area contributed by atoms with E-state index in [1.54, 1.807) is 6.20 Å². The Balaban J connectivity index is 1.40. The maximum absolute atomic E-state index is 12.5. The van der Waals surface area contributed by atoms with Crippen molar-refractivity contribution in [3.05, 3.63) is 65.5 Å². The predicted molar refractivity (Wildman–Crippen MR) is 105 cm³/mol. The van der Waals surface area contributed by atoms with Crippen LogP contribution in [0.4, 0.5) is 0 Å². The third kappa shape index (κ3) is 5.39. The van der Waals surface area contributed by atoms with E-state index in [2.05, 4.69) is 28.6 Å². The molecule has 1 saturated carbocycles. The fourth-order valence-corrected chi connectivity index (χ4v) is 3.58. The lowest BCUT2D eigenvalue weighted by molar-refractivity contribution is -0.130. The quantitative estimate of drug-likeness (QED) is 0.826. The molecular weight excluding hydrogens is 338 g/mol. The van der Waals surface area contributed by atoms with Gasteiger partial charge < -0.3 is 10.6 Å². The van der Waals surface area contributed by atoms with E-state index >= 15 is 0 Å². The minimum absolute atomic E-state index is 0.00544. The Bertz CT molecular complexity index is 768. The van der Waals surface area contributed by atoms with Crippen molar-refractivity contribution in [3.8, 4) is 0 Å². The van der Waals surface area contributed by atoms with E-state index in [0.29, 0.717) is 13.1 Å². The van der Waals surface area contributed by atoms with Gasteiger partial charge in [-0.3, -0.25) is 14.6 Å². The van der Waals surface area contributed by atoms with Gasteiger partial charge in [-0.1, -0.05) is 30.3 Å². The van der Waals surface area contributed by atoms with Crippen molar-refractivity contribution >= 4 is 11.8 Å². The summed E-state index contributed by atoms with van der Waals surface area (Å²) >= 11 is 0. The number of aromatic nitrogens is 1. The number of carbonyl (C=O) groups is 2. The largest absolute Gasteiger partial charge is 0.352 e. The molecule has 0 bridgehead atoms. The van der Waals surface area contributed by atoms with Gasteiger partial charge in [-0.2, -0.15) is 0 Å². The number of nitrogens with one attached hydrogen (secondary N) is 2. The van der Waals surface area contributed by atoms with Crippen LogP contribution in [0.3, 0.4) is 0 Å². The van der Waals surface area contributed by atoms with Crippen molar-refractivity contribution in [2.45, 2.75) is 45.7 Å². The molecule has 5 heteroatoms. The average Bonchev–Trinajstić information content (AvgIpc) is 2.72. The van der Waals surface area contributed by atoms with Crippen LogP contribution in [0.1, 0.15) is 42.5 Å². The van der Waals surface area contributed by atoms with Crippen LogP contribution in [0.2, 0.25) is 0 Å². The molecule has 0 aliphatic heterocycles.